The minimum absolute atomic E-state index is 0.909. The number of hydrogen-bond acceptors (Lipinski definition) is 2. The van der Waals surface area contributed by atoms with Crippen LogP contribution in [-0.2, 0) is 0 Å². The molecule has 0 unspecified atom stereocenters. The van der Waals surface area contributed by atoms with Crippen LogP contribution in [0.2, 0.25) is 0 Å². The van der Waals surface area contributed by atoms with E-state index in [1.807, 2.05) is 12.4 Å². The molecule has 0 N–H and O–H groups in total. The zero-order chi connectivity index (χ0) is 21.4. The van der Waals surface area contributed by atoms with E-state index in [9.17, 15) is 0 Å². The van der Waals surface area contributed by atoms with Gasteiger partial charge in [-0.3, -0.25) is 9.97 Å². The molecule has 0 fully saturated rings. The monoisotopic (exact) mass is 392 g/mol. The van der Waals surface area contributed by atoms with Crippen LogP contribution in [0.1, 0.15) is 33.4 Å². The second-order valence-electron chi connectivity index (χ2n) is 8.38. The van der Waals surface area contributed by atoms with Gasteiger partial charge in [-0.05, 0) is 81.0 Å². The number of aromatic nitrogens is 2. The molecule has 1 aromatic heterocycles. The second-order valence-corrected chi connectivity index (χ2v) is 8.38. The molecule has 150 valence electrons. The Kier molecular flexibility index (Phi) is 5.26. The molecular formula is C28H28N2. The SMILES string of the molecule is Cc1ccc(-c2c(C)cc(C)cc2-c2cnc(-c3c(C)cccc3C)cn2)c(C)c1. The third kappa shape index (κ3) is 3.66. The standard InChI is InChI=1S/C28H28N2/c1-17-10-11-23(21(5)12-17)28-22(6)13-18(2)14-24(28)25-15-30-26(16-29-25)27-19(3)8-7-9-20(27)4/h7-16H,1-6H3. The summed E-state index contributed by atoms with van der Waals surface area (Å²) >= 11 is 0. The Morgan fingerprint density at radius 1 is 0.500 bits per heavy atom. The van der Waals surface area contributed by atoms with Crippen LogP contribution >= 0.6 is 0 Å². The Balaban J connectivity index is 1.87. The van der Waals surface area contributed by atoms with Crippen molar-refractivity contribution in [3.05, 3.63) is 94.3 Å². The highest BCUT2D eigenvalue weighted by Gasteiger charge is 2.15. The molecular weight excluding hydrogens is 364 g/mol. The van der Waals surface area contributed by atoms with Gasteiger partial charge in [-0.15, -0.1) is 0 Å². The van der Waals surface area contributed by atoms with Crippen LogP contribution in [-0.4, -0.2) is 9.97 Å². The molecule has 0 radical (unpaired) electrons. The predicted molar refractivity (Wildman–Crippen MR) is 127 cm³/mol. The van der Waals surface area contributed by atoms with Gasteiger partial charge in [-0.2, -0.15) is 0 Å². The van der Waals surface area contributed by atoms with Crippen LogP contribution in [0.25, 0.3) is 33.6 Å². The average Bonchev–Trinajstić information content (AvgIpc) is 2.69. The molecule has 0 aliphatic carbocycles. The van der Waals surface area contributed by atoms with Gasteiger partial charge in [0.2, 0.25) is 0 Å². The van der Waals surface area contributed by atoms with Crippen molar-refractivity contribution >= 4 is 0 Å². The van der Waals surface area contributed by atoms with Crippen LogP contribution in [0.5, 0.6) is 0 Å². The average molecular weight is 393 g/mol. The molecule has 0 saturated heterocycles. The topological polar surface area (TPSA) is 25.8 Å². The summed E-state index contributed by atoms with van der Waals surface area (Å²) in [7, 11) is 0. The molecule has 2 nitrogen and oxygen atoms in total. The highest BCUT2D eigenvalue weighted by atomic mass is 14.8. The van der Waals surface area contributed by atoms with Gasteiger partial charge in [-0.1, -0.05) is 53.6 Å². The summed E-state index contributed by atoms with van der Waals surface area (Å²) in [5.41, 5.74) is 14.1. The quantitative estimate of drug-likeness (QED) is 0.365. The molecule has 0 aliphatic heterocycles. The summed E-state index contributed by atoms with van der Waals surface area (Å²) in [6.45, 7) is 12.9. The van der Waals surface area contributed by atoms with E-state index in [0.29, 0.717) is 0 Å². The summed E-state index contributed by atoms with van der Waals surface area (Å²) in [5, 5.41) is 0. The second kappa shape index (κ2) is 7.87. The largest absolute Gasteiger partial charge is 0.252 e. The fraction of sp³-hybridized carbons (Fsp3) is 0.214. The molecule has 1 heterocycles. The third-order valence-electron chi connectivity index (χ3n) is 5.80. The van der Waals surface area contributed by atoms with Crippen LogP contribution in [0.3, 0.4) is 0 Å². The smallest absolute Gasteiger partial charge is 0.0892 e. The molecule has 2 heteroatoms. The number of hydrogen-bond donors (Lipinski definition) is 0. The third-order valence-corrected chi connectivity index (χ3v) is 5.80. The molecule has 4 aromatic rings. The van der Waals surface area contributed by atoms with Gasteiger partial charge in [-0.25, -0.2) is 0 Å². The molecule has 0 amide bonds. The Bertz CT molecular complexity index is 1210. The van der Waals surface area contributed by atoms with Crippen molar-refractivity contribution in [1.29, 1.82) is 0 Å². The first-order valence-corrected chi connectivity index (χ1v) is 10.4. The maximum atomic E-state index is 4.86. The number of benzene rings is 3. The van der Waals surface area contributed by atoms with Gasteiger partial charge in [0.05, 0.1) is 23.8 Å². The van der Waals surface area contributed by atoms with Crippen molar-refractivity contribution in [1.82, 2.24) is 9.97 Å². The molecule has 0 aliphatic rings. The van der Waals surface area contributed by atoms with Gasteiger partial charge in [0, 0.05) is 11.1 Å². The highest BCUT2D eigenvalue weighted by molar-refractivity contribution is 5.86. The van der Waals surface area contributed by atoms with Gasteiger partial charge in [0.25, 0.3) is 0 Å². The minimum atomic E-state index is 0.909. The molecule has 0 bridgehead atoms. The Labute approximate surface area is 179 Å². The van der Waals surface area contributed by atoms with Gasteiger partial charge in [0.1, 0.15) is 0 Å². The van der Waals surface area contributed by atoms with E-state index in [2.05, 4.69) is 90.1 Å². The van der Waals surface area contributed by atoms with Crippen LogP contribution in [0.4, 0.5) is 0 Å². The summed E-state index contributed by atoms with van der Waals surface area (Å²) in [4.78, 5) is 9.68. The summed E-state index contributed by atoms with van der Waals surface area (Å²) in [5.74, 6) is 0. The lowest BCUT2D eigenvalue weighted by Crippen LogP contribution is -1.97. The van der Waals surface area contributed by atoms with Crippen molar-refractivity contribution < 1.29 is 0 Å². The molecule has 0 atom stereocenters. The fourth-order valence-electron chi connectivity index (χ4n) is 4.44. The van der Waals surface area contributed by atoms with Crippen molar-refractivity contribution in [2.45, 2.75) is 41.5 Å². The molecule has 3 aromatic carbocycles. The normalized spacial score (nSPS) is 11.0. The summed E-state index contributed by atoms with van der Waals surface area (Å²) in [6, 6.07) is 17.5. The Morgan fingerprint density at radius 2 is 1.13 bits per heavy atom. The molecule has 0 spiro atoms. The lowest BCUT2D eigenvalue weighted by molar-refractivity contribution is 1.19. The lowest BCUT2D eigenvalue weighted by Gasteiger charge is -2.17. The first-order valence-electron chi connectivity index (χ1n) is 10.4. The number of rotatable bonds is 3. The van der Waals surface area contributed by atoms with Crippen molar-refractivity contribution in [2.24, 2.45) is 0 Å². The van der Waals surface area contributed by atoms with Crippen molar-refractivity contribution in [3.63, 3.8) is 0 Å². The van der Waals surface area contributed by atoms with Crippen LogP contribution in [0.15, 0.2) is 60.9 Å². The van der Waals surface area contributed by atoms with E-state index in [1.165, 1.54) is 50.1 Å². The predicted octanol–water partition coefficient (Wildman–Crippen LogP) is 7.33. The van der Waals surface area contributed by atoms with E-state index in [0.717, 1.165) is 17.0 Å². The first kappa shape index (κ1) is 20.0. The van der Waals surface area contributed by atoms with E-state index in [4.69, 9.17) is 9.97 Å². The summed E-state index contributed by atoms with van der Waals surface area (Å²) < 4.78 is 0. The number of nitrogens with zero attached hydrogens (tertiary/aromatic N) is 2. The van der Waals surface area contributed by atoms with Gasteiger partial charge < -0.3 is 0 Å². The van der Waals surface area contributed by atoms with Crippen LogP contribution in [0, 0.1) is 41.5 Å². The first-order chi connectivity index (χ1) is 14.3. The molecule has 0 saturated carbocycles. The maximum absolute atomic E-state index is 4.86. The van der Waals surface area contributed by atoms with Crippen molar-refractivity contribution in [2.75, 3.05) is 0 Å². The minimum Gasteiger partial charge on any atom is -0.252 e. The van der Waals surface area contributed by atoms with E-state index in [1.54, 1.807) is 0 Å². The zero-order valence-electron chi connectivity index (χ0n) is 18.7. The van der Waals surface area contributed by atoms with E-state index >= 15 is 0 Å². The summed E-state index contributed by atoms with van der Waals surface area (Å²) in [6.07, 6.45) is 3.83. The van der Waals surface area contributed by atoms with Gasteiger partial charge >= 0.3 is 0 Å². The Morgan fingerprint density at radius 3 is 1.77 bits per heavy atom. The lowest BCUT2D eigenvalue weighted by atomic mass is 9.89. The molecule has 30 heavy (non-hydrogen) atoms. The fourth-order valence-corrected chi connectivity index (χ4v) is 4.44. The van der Waals surface area contributed by atoms with E-state index in [-0.39, 0.29) is 0 Å². The molecule has 4 rings (SSSR count). The number of aryl methyl sites for hydroxylation is 6. The maximum Gasteiger partial charge on any atom is 0.0892 e. The van der Waals surface area contributed by atoms with E-state index < -0.39 is 0 Å². The Hall–Kier alpha value is -3.26. The zero-order valence-corrected chi connectivity index (χ0v) is 18.7. The van der Waals surface area contributed by atoms with Crippen LogP contribution < -0.4 is 0 Å². The van der Waals surface area contributed by atoms with Gasteiger partial charge in [0.15, 0.2) is 0 Å². The highest BCUT2D eigenvalue weighted by Crippen LogP contribution is 2.37. The van der Waals surface area contributed by atoms with Crippen molar-refractivity contribution in [3.8, 4) is 33.6 Å².